The van der Waals surface area contributed by atoms with Crippen molar-refractivity contribution in [1.82, 2.24) is 35.1 Å². The van der Waals surface area contributed by atoms with E-state index < -0.39 is 18.2 Å². The molecule has 0 bridgehead atoms. The first kappa shape index (κ1) is 41.7. The number of hydrogen-bond donors (Lipinski definition) is 4. The van der Waals surface area contributed by atoms with Crippen molar-refractivity contribution in [3.8, 4) is 23.7 Å². The Morgan fingerprint density at radius 3 is 2.08 bits per heavy atom. The summed E-state index contributed by atoms with van der Waals surface area (Å²) in [4.78, 5) is 66.5. The lowest BCUT2D eigenvalue weighted by Gasteiger charge is -2.30. The Labute approximate surface area is 312 Å². The highest BCUT2D eigenvalue weighted by Gasteiger charge is 2.40. The fraction of sp³-hybridized carbons (Fsp3) is 0.487. The Morgan fingerprint density at radius 1 is 0.962 bits per heavy atom. The summed E-state index contributed by atoms with van der Waals surface area (Å²) in [5, 5.41) is 2.68. The molecule has 1 saturated heterocycles. The monoisotopic (exact) mass is 728 g/mol. The molecule has 1 fully saturated rings. The molecule has 3 atom stereocenters. The Morgan fingerprint density at radius 2 is 1.55 bits per heavy atom. The maximum atomic E-state index is 13.5. The SMILES string of the molecule is CCCN(Cc1ncc(C#Cc2ccc(C#Cc3cnc(C4CC(C)CN4C(=O)C(NC(=O)OC)C(C)C)[nH]3)cc2)[nH]1)C(=O)CC(C)C.COC(N)=O. The van der Waals surface area contributed by atoms with Crippen LogP contribution in [-0.4, -0.2) is 87.1 Å². The number of benzene rings is 1. The van der Waals surface area contributed by atoms with Gasteiger partial charge in [0.15, 0.2) is 0 Å². The second-order valence-corrected chi connectivity index (χ2v) is 13.6. The number of methoxy groups -OCH3 is 2. The molecule has 5 N–H and O–H groups in total. The number of carbonyl (C=O) groups is 4. The van der Waals surface area contributed by atoms with Crippen LogP contribution in [-0.2, 0) is 25.6 Å². The van der Waals surface area contributed by atoms with E-state index in [0.717, 1.165) is 29.8 Å². The predicted octanol–water partition coefficient (Wildman–Crippen LogP) is 4.72. The first-order chi connectivity index (χ1) is 25.2. The number of carbonyl (C=O) groups excluding carboxylic acids is 4. The maximum Gasteiger partial charge on any atom is 0.407 e. The molecule has 1 aromatic carbocycles. The summed E-state index contributed by atoms with van der Waals surface area (Å²) in [6.45, 7) is 13.8. The standard InChI is InChI=1S/C37H47N7O4.C2H5NO2/c1-8-17-43(33(45)18-24(2)3)23-32-38-20-29(40-32)15-13-27-9-11-28(12-10-27)14-16-30-21-39-35(41-30)31-19-26(6)22-44(31)36(46)34(25(4)5)42-37(47)48-7;1-5-2(3)4/h9-12,20-21,24-26,31,34H,8,17-19,22-23H2,1-7H3,(H,38,40)(H,39,41)(H,42,47);1H3,(H2,3,4). The predicted molar refractivity (Wildman–Crippen MR) is 200 cm³/mol. The van der Waals surface area contributed by atoms with Gasteiger partial charge in [-0.2, -0.15) is 0 Å². The highest BCUT2D eigenvalue weighted by Crippen LogP contribution is 2.34. The molecule has 1 aliphatic rings. The second kappa shape index (κ2) is 20.3. The molecule has 4 amide bonds. The lowest BCUT2D eigenvalue weighted by Crippen LogP contribution is -2.51. The largest absolute Gasteiger partial charge is 0.453 e. The van der Waals surface area contributed by atoms with Gasteiger partial charge in [0.1, 0.15) is 29.1 Å². The number of likely N-dealkylation sites (tertiary alicyclic amines) is 1. The number of ether oxygens (including phenoxy) is 2. The number of aromatic amines is 2. The van der Waals surface area contributed by atoms with Crippen LogP contribution < -0.4 is 11.1 Å². The van der Waals surface area contributed by atoms with Crippen molar-refractivity contribution in [2.24, 2.45) is 23.5 Å². The molecule has 4 rings (SSSR count). The molecular weight excluding hydrogens is 676 g/mol. The van der Waals surface area contributed by atoms with E-state index in [1.807, 2.05) is 56.9 Å². The number of nitrogens with two attached hydrogens (primary N) is 1. The molecule has 3 aromatic rings. The third-order valence-corrected chi connectivity index (χ3v) is 8.26. The van der Waals surface area contributed by atoms with Gasteiger partial charge in [0, 0.05) is 30.6 Å². The summed E-state index contributed by atoms with van der Waals surface area (Å²) in [5.74, 6) is 14.4. The van der Waals surface area contributed by atoms with Gasteiger partial charge in [0.05, 0.1) is 39.2 Å². The van der Waals surface area contributed by atoms with E-state index >= 15 is 0 Å². The molecule has 3 unspecified atom stereocenters. The highest BCUT2D eigenvalue weighted by molar-refractivity contribution is 5.86. The van der Waals surface area contributed by atoms with Crippen molar-refractivity contribution in [2.75, 3.05) is 27.3 Å². The van der Waals surface area contributed by atoms with Crippen LogP contribution in [0.2, 0.25) is 0 Å². The average Bonchev–Trinajstić information content (AvgIpc) is 3.88. The highest BCUT2D eigenvalue weighted by atomic mass is 16.5. The molecule has 1 aliphatic heterocycles. The molecule has 14 heteroatoms. The van der Waals surface area contributed by atoms with Gasteiger partial charge in [0.2, 0.25) is 11.8 Å². The summed E-state index contributed by atoms with van der Waals surface area (Å²) in [6.07, 6.45) is 4.17. The molecule has 53 heavy (non-hydrogen) atoms. The summed E-state index contributed by atoms with van der Waals surface area (Å²) in [6, 6.07) is 6.71. The average molecular weight is 729 g/mol. The van der Waals surface area contributed by atoms with E-state index in [1.165, 1.54) is 14.2 Å². The Hall–Kier alpha value is -5.76. The van der Waals surface area contributed by atoms with E-state index in [4.69, 9.17) is 4.74 Å². The first-order valence-corrected chi connectivity index (χ1v) is 17.7. The van der Waals surface area contributed by atoms with Gasteiger partial charge < -0.3 is 40.3 Å². The minimum atomic E-state index is -0.745. The van der Waals surface area contributed by atoms with Crippen molar-refractivity contribution < 1.29 is 28.7 Å². The van der Waals surface area contributed by atoms with E-state index in [9.17, 15) is 19.2 Å². The summed E-state index contributed by atoms with van der Waals surface area (Å²) in [7, 11) is 2.51. The number of rotatable bonds is 10. The fourth-order valence-corrected chi connectivity index (χ4v) is 5.64. The van der Waals surface area contributed by atoms with Gasteiger partial charge in [-0.25, -0.2) is 19.6 Å². The molecule has 3 heterocycles. The number of primary amides is 1. The quantitative estimate of drug-likeness (QED) is 0.216. The fourth-order valence-electron chi connectivity index (χ4n) is 5.64. The van der Waals surface area contributed by atoms with Crippen molar-refractivity contribution >= 4 is 24.0 Å². The lowest BCUT2D eigenvalue weighted by atomic mass is 10.0. The number of imidazole rings is 2. The number of nitrogens with zero attached hydrogens (tertiary/aromatic N) is 4. The maximum absolute atomic E-state index is 13.5. The van der Waals surface area contributed by atoms with Gasteiger partial charge in [-0.1, -0.05) is 53.4 Å². The smallest absolute Gasteiger partial charge is 0.407 e. The number of H-pyrrole nitrogens is 2. The molecule has 0 saturated carbocycles. The van der Waals surface area contributed by atoms with Crippen LogP contribution in [0.25, 0.3) is 0 Å². The molecular formula is C39H52N8O6. The van der Waals surface area contributed by atoms with Crippen LogP contribution in [0.1, 0.15) is 101 Å². The van der Waals surface area contributed by atoms with Crippen LogP contribution >= 0.6 is 0 Å². The molecule has 2 aromatic heterocycles. The zero-order valence-electron chi connectivity index (χ0n) is 31.9. The molecule has 0 radical (unpaired) electrons. The van der Waals surface area contributed by atoms with Gasteiger partial charge >= 0.3 is 12.2 Å². The van der Waals surface area contributed by atoms with Crippen molar-refractivity contribution in [2.45, 2.75) is 79.4 Å². The third-order valence-electron chi connectivity index (χ3n) is 8.26. The van der Waals surface area contributed by atoms with Crippen LogP contribution in [0, 0.1) is 41.4 Å². The Kier molecular flexibility index (Phi) is 16.0. The van der Waals surface area contributed by atoms with E-state index in [-0.39, 0.29) is 29.7 Å². The summed E-state index contributed by atoms with van der Waals surface area (Å²) >= 11 is 0. The molecule has 284 valence electrons. The van der Waals surface area contributed by atoms with Crippen molar-refractivity contribution in [3.05, 3.63) is 70.8 Å². The normalized spacial score (nSPS) is 15.2. The number of hydrogen-bond acceptors (Lipinski definition) is 8. The molecule has 0 spiro atoms. The third kappa shape index (κ3) is 13.1. The number of alkyl carbamates (subject to hydrolysis) is 1. The molecule has 14 nitrogen and oxygen atoms in total. The number of aromatic nitrogens is 4. The van der Waals surface area contributed by atoms with Crippen LogP contribution in [0.4, 0.5) is 9.59 Å². The van der Waals surface area contributed by atoms with Crippen molar-refractivity contribution in [3.63, 3.8) is 0 Å². The number of nitrogens with one attached hydrogen (secondary N) is 3. The van der Waals surface area contributed by atoms with Gasteiger partial charge in [0.25, 0.3) is 0 Å². The van der Waals surface area contributed by atoms with Crippen molar-refractivity contribution in [1.29, 1.82) is 0 Å². The molecule has 0 aliphatic carbocycles. The van der Waals surface area contributed by atoms with Gasteiger partial charge in [-0.05, 0) is 66.7 Å². The van der Waals surface area contributed by atoms with Gasteiger partial charge in [-0.3, -0.25) is 9.59 Å². The summed E-state index contributed by atoms with van der Waals surface area (Å²) < 4.78 is 8.63. The lowest BCUT2D eigenvalue weighted by molar-refractivity contribution is -0.135. The zero-order valence-corrected chi connectivity index (χ0v) is 31.9. The topological polar surface area (TPSA) is 189 Å². The minimum Gasteiger partial charge on any atom is -0.453 e. The summed E-state index contributed by atoms with van der Waals surface area (Å²) in [5.41, 5.74) is 7.42. The van der Waals surface area contributed by atoms with Crippen LogP contribution in [0.3, 0.4) is 0 Å². The Bertz CT molecular complexity index is 1810. The minimum absolute atomic E-state index is 0.110. The van der Waals surface area contributed by atoms with Crippen LogP contribution in [0.5, 0.6) is 0 Å². The van der Waals surface area contributed by atoms with Crippen LogP contribution in [0.15, 0.2) is 36.7 Å². The zero-order chi connectivity index (χ0) is 39.1. The van der Waals surface area contributed by atoms with E-state index in [2.05, 4.69) is 73.3 Å². The van der Waals surface area contributed by atoms with E-state index in [0.29, 0.717) is 49.2 Å². The number of amides is 4. The first-order valence-electron chi connectivity index (χ1n) is 17.7. The van der Waals surface area contributed by atoms with E-state index in [1.54, 1.807) is 17.3 Å². The Balaban J connectivity index is 0.00000141. The van der Waals surface area contributed by atoms with Gasteiger partial charge in [-0.15, -0.1) is 0 Å². The second-order valence-electron chi connectivity index (χ2n) is 13.6.